The smallest absolute Gasteiger partial charge is 0.193 e. The zero-order valence-corrected chi connectivity index (χ0v) is 7.80. The Morgan fingerprint density at radius 3 is 2.86 bits per heavy atom. The van der Waals surface area contributed by atoms with Crippen LogP contribution in [0.2, 0.25) is 0 Å². The van der Waals surface area contributed by atoms with Crippen molar-refractivity contribution in [2.45, 2.75) is 25.2 Å². The lowest BCUT2D eigenvalue weighted by Crippen LogP contribution is -2.32. The summed E-state index contributed by atoms with van der Waals surface area (Å²) in [6.07, 6.45) is 1.66. The van der Waals surface area contributed by atoms with Gasteiger partial charge in [0.2, 0.25) is 0 Å². The third-order valence-electron chi connectivity index (χ3n) is 2.56. The molecule has 0 saturated carbocycles. The molecule has 1 heterocycles. The molecular formula is C10H12O4. The Morgan fingerprint density at radius 2 is 2.29 bits per heavy atom. The Bertz CT molecular complexity index is 329. The lowest BCUT2D eigenvalue weighted by atomic mass is 9.88. The van der Waals surface area contributed by atoms with E-state index >= 15 is 0 Å². The monoisotopic (exact) mass is 196 g/mol. The topological polar surface area (TPSA) is 70.1 Å². The third-order valence-corrected chi connectivity index (χ3v) is 2.56. The van der Waals surface area contributed by atoms with E-state index in [1.807, 2.05) is 0 Å². The lowest BCUT2D eigenvalue weighted by molar-refractivity contribution is -0.117. The fourth-order valence-corrected chi connectivity index (χ4v) is 1.79. The van der Waals surface area contributed by atoms with Crippen molar-refractivity contribution < 1.29 is 19.7 Å². The van der Waals surface area contributed by atoms with Crippen LogP contribution in [-0.2, 0) is 9.53 Å². The average Bonchev–Trinajstić information content (AvgIpc) is 2.94. The van der Waals surface area contributed by atoms with Crippen molar-refractivity contribution in [1.29, 1.82) is 0 Å². The lowest BCUT2D eigenvalue weighted by Gasteiger charge is -2.17. The fourth-order valence-electron chi connectivity index (χ4n) is 1.79. The van der Waals surface area contributed by atoms with Gasteiger partial charge in [-0.05, 0) is 12.5 Å². The second kappa shape index (κ2) is 3.31. The minimum Gasteiger partial charge on any atom is -0.392 e. The van der Waals surface area contributed by atoms with Crippen LogP contribution in [0.5, 0.6) is 0 Å². The van der Waals surface area contributed by atoms with Gasteiger partial charge in [-0.25, -0.2) is 0 Å². The summed E-state index contributed by atoms with van der Waals surface area (Å²) in [4.78, 5) is 11.5. The molecule has 0 bridgehead atoms. The Hall–Kier alpha value is -0.970. The molecule has 3 unspecified atom stereocenters. The molecule has 4 heteroatoms. The van der Waals surface area contributed by atoms with E-state index in [-0.39, 0.29) is 18.0 Å². The van der Waals surface area contributed by atoms with Gasteiger partial charge in [-0.3, -0.25) is 4.79 Å². The summed E-state index contributed by atoms with van der Waals surface area (Å²) in [7, 11) is 0. The largest absolute Gasteiger partial charge is 0.392 e. The van der Waals surface area contributed by atoms with Crippen LogP contribution in [0.25, 0.3) is 0 Å². The van der Waals surface area contributed by atoms with Crippen LogP contribution in [0.4, 0.5) is 0 Å². The summed E-state index contributed by atoms with van der Waals surface area (Å²) in [6, 6.07) is 0. The number of ketones is 1. The molecule has 0 radical (unpaired) electrons. The molecule has 1 saturated heterocycles. The van der Waals surface area contributed by atoms with Crippen molar-refractivity contribution in [3.63, 3.8) is 0 Å². The summed E-state index contributed by atoms with van der Waals surface area (Å²) in [5.41, 5.74) is 0.758. The predicted octanol–water partition coefficient (Wildman–Crippen LogP) is -0.438. The van der Waals surface area contributed by atoms with E-state index in [1.165, 1.54) is 0 Å². The molecule has 0 aromatic rings. The third kappa shape index (κ3) is 1.23. The number of Topliss-reactive ketones (excluding diaryl/α,β-unsaturated/α-hetero) is 1. The Morgan fingerprint density at radius 1 is 1.57 bits per heavy atom. The fraction of sp³-hybridized carbons (Fsp3) is 0.500. The molecular weight excluding hydrogens is 184 g/mol. The molecule has 2 aliphatic rings. The molecule has 2 rings (SSSR count). The van der Waals surface area contributed by atoms with E-state index in [0.717, 1.165) is 0 Å². The van der Waals surface area contributed by atoms with Crippen LogP contribution in [0.3, 0.4) is 0 Å². The van der Waals surface area contributed by atoms with Gasteiger partial charge in [-0.2, -0.15) is 0 Å². The zero-order chi connectivity index (χ0) is 10.3. The summed E-state index contributed by atoms with van der Waals surface area (Å²) in [5, 5.41) is 18.8. The van der Waals surface area contributed by atoms with Crippen LogP contribution < -0.4 is 0 Å². The molecule has 0 spiro atoms. The van der Waals surface area contributed by atoms with Gasteiger partial charge in [0, 0.05) is 5.57 Å². The van der Waals surface area contributed by atoms with Crippen molar-refractivity contribution in [3.8, 4) is 0 Å². The first-order valence-electron chi connectivity index (χ1n) is 4.55. The predicted molar refractivity (Wildman–Crippen MR) is 48.6 cm³/mol. The van der Waals surface area contributed by atoms with E-state index in [4.69, 9.17) is 9.84 Å². The number of hydrogen-bond donors (Lipinski definition) is 2. The van der Waals surface area contributed by atoms with Crippen LogP contribution in [-0.4, -0.2) is 40.9 Å². The van der Waals surface area contributed by atoms with Crippen molar-refractivity contribution in [2.75, 3.05) is 6.61 Å². The van der Waals surface area contributed by atoms with Crippen molar-refractivity contribution in [1.82, 2.24) is 0 Å². The first kappa shape index (κ1) is 9.58. The first-order valence-corrected chi connectivity index (χ1v) is 4.55. The normalized spacial score (nSPS) is 36.5. The number of allylic oxidation sites excluding steroid dienone is 1. The minimum absolute atomic E-state index is 0.198. The number of fused-ring (bicyclic) bond motifs is 1. The number of epoxide rings is 1. The highest BCUT2D eigenvalue weighted by atomic mass is 16.6. The highest BCUT2D eigenvalue weighted by Crippen LogP contribution is 2.37. The van der Waals surface area contributed by atoms with Crippen LogP contribution >= 0.6 is 0 Å². The first-order chi connectivity index (χ1) is 6.70. The molecule has 1 aliphatic carbocycles. The minimum atomic E-state index is -0.781. The van der Waals surface area contributed by atoms with E-state index in [9.17, 15) is 9.90 Å². The maximum Gasteiger partial charge on any atom is 0.193 e. The van der Waals surface area contributed by atoms with Crippen LogP contribution in [0, 0.1) is 0 Å². The number of aliphatic hydroxyl groups excluding tert-OH is 2. The SMILES string of the molecule is C/C=C/C1=C(CO)C(=O)C2OC2C1O. The van der Waals surface area contributed by atoms with Gasteiger partial charge >= 0.3 is 0 Å². The second-order valence-corrected chi connectivity index (χ2v) is 3.42. The standard InChI is InChI=1S/C10H12O4/c1-2-3-5-6(4-11)8(13)10-9(14-10)7(5)12/h2-3,7,9-12H,4H2,1H3/b3-2+. The van der Waals surface area contributed by atoms with Gasteiger partial charge in [-0.15, -0.1) is 0 Å². The molecule has 0 aromatic heterocycles. The van der Waals surface area contributed by atoms with Crippen molar-refractivity contribution in [3.05, 3.63) is 23.3 Å². The highest BCUT2D eigenvalue weighted by molar-refractivity contribution is 6.03. The second-order valence-electron chi connectivity index (χ2n) is 3.42. The van der Waals surface area contributed by atoms with Crippen LogP contribution in [0.1, 0.15) is 6.92 Å². The molecule has 0 aromatic carbocycles. The molecule has 14 heavy (non-hydrogen) atoms. The maximum absolute atomic E-state index is 11.5. The maximum atomic E-state index is 11.5. The van der Waals surface area contributed by atoms with Gasteiger partial charge in [0.1, 0.15) is 18.3 Å². The van der Waals surface area contributed by atoms with Gasteiger partial charge < -0.3 is 14.9 Å². The number of ether oxygens (including phenoxy) is 1. The van der Waals surface area contributed by atoms with Gasteiger partial charge in [0.05, 0.1) is 6.61 Å². The number of carbonyl (C=O) groups excluding carboxylic acids is 1. The highest BCUT2D eigenvalue weighted by Gasteiger charge is 2.55. The molecule has 1 aliphatic heterocycles. The van der Waals surface area contributed by atoms with Crippen LogP contribution in [0.15, 0.2) is 23.3 Å². The molecule has 3 atom stereocenters. The summed E-state index contributed by atoms with van der Waals surface area (Å²) in [6.45, 7) is 1.45. The molecule has 76 valence electrons. The Kier molecular flexibility index (Phi) is 2.26. The number of aliphatic hydroxyl groups is 2. The molecule has 0 amide bonds. The number of carbonyl (C=O) groups is 1. The Labute approximate surface area is 81.5 Å². The molecule has 4 nitrogen and oxygen atoms in total. The van der Waals surface area contributed by atoms with Crippen molar-refractivity contribution in [2.24, 2.45) is 0 Å². The number of hydrogen-bond acceptors (Lipinski definition) is 4. The summed E-state index contributed by atoms with van der Waals surface area (Å²) < 4.78 is 5.02. The quantitative estimate of drug-likeness (QED) is 0.587. The van der Waals surface area contributed by atoms with E-state index in [0.29, 0.717) is 5.57 Å². The Balaban J connectivity index is 2.41. The van der Waals surface area contributed by atoms with Gasteiger partial charge in [-0.1, -0.05) is 12.2 Å². The zero-order valence-electron chi connectivity index (χ0n) is 7.80. The van der Waals surface area contributed by atoms with Crippen molar-refractivity contribution >= 4 is 5.78 Å². The van der Waals surface area contributed by atoms with Gasteiger partial charge in [0.15, 0.2) is 5.78 Å². The summed E-state index contributed by atoms with van der Waals surface area (Å²) >= 11 is 0. The summed E-state index contributed by atoms with van der Waals surface area (Å²) in [5.74, 6) is -0.198. The average molecular weight is 196 g/mol. The molecule has 2 N–H and O–H groups in total. The number of rotatable bonds is 2. The van der Waals surface area contributed by atoms with E-state index < -0.39 is 18.3 Å². The molecule has 1 fully saturated rings. The van der Waals surface area contributed by atoms with Gasteiger partial charge in [0.25, 0.3) is 0 Å². The van der Waals surface area contributed by atoms with E-state index in [1.54, 1.807) is 19.1 Å². The van der Waals surface area contributed by atoms with E-state index in [2.05, 4.69) is 0 Å².